The molecule has 1 fully saturated rings. The monoisotopic (exact) mass is 407 g/mol. The Morgan fingerprint density at radius 1 is 1.10 bits per heavy atom. The number of nitrogens with zero attached hydrogens (tertiary/aromatic N) is 5. The topological polar surface area (TPSA) is 69.6 Å². The van der Waals surface area contributed by atoms with E-state index in [1.165, 1.54) is 17.8 Å². The highest BCUT2D eigenvalue weighted by molar-refractivity contribution is 7.98. The average Bonchev–Trinajstić information content (AvgIpc) is 3.33. The number of thioether (sulfide) groups is 1. The fourth-order valence-electron chi connectivity index (χ4n) is 3.06. The lowest BCUT2D eigenvalue weighted by molar-refractivity contribution is 0.375. The fourth-order valence-corrected chi connectivity index (χ4v) is 3.85. The number of benzene rings is 2. The zero-order valence-corrected chi connectivity index (χ0v) is 16.6. The molecule has 2 aromatic heterocycles. The first-order valence-corrected chi connectivity index (χ1v) is 10.4. The summed E-state index contributed by atoms with van der Waals surface area (Å²) in [5.74, 6) is 2.39. The number of aryl methyl sites for hydroxylation is 1. The Hall–Kier alpha value is -3.00. The van der Waals surface area contributed by atoms with Gasteiger partial charge in [-0.1, -0.05) is 46.7 Å². The first-order chi connectivity index (χ1) is 14.2. The molecule has 0 N–H and O–H groups in total. The molecule has 0 radical (unpaired) electrons. The molecule has 0 bridgehead atoms. The van der Waals surface area contributed by atoms with Gasteiger partial charge in [0.2, 0.25) is 5.89 Å². The molecule has 0 unspecified atom stereocenters. The second-order valence-electron chi connectivity index (χ2n) is 7.07. The number of rotatable bonds is 6. The molecule has 1 aliphatic rings. The molecule has 0 spiro atoms. The van der Waals surface area contributed by atoms with Crippen LogP contribution in [0.25, 0.3) is 17.1 Å². The molecule has 4 aromatic rings. The van der Waals surface area contributed by atoms with Gasteiger partial charge in [-0.05, 0) is 44.0 Å². The third-order valence-electron chi connectivity index (χ3n) is 4.78. The van der Waals surface area contributed by atoms with Crippen LogP contribution in [-0.4, -0.2) is 24.9 Å². The molecule has 0 saturated heterocycles. The van der Waals surface area contributed by atoms with Gasteiger partial charge in [-0.25, -0.2) is 4.39 Å². The van der Waals surface area contributed by atoms with Gasteiger partial charge in [-0.3, -0.25) is 4.57 Å². The molecule has 0 atom stereocenters. The Morgan fingerprint density at radius 2 is 1.90 bits per heavy atom. The van der Waals surface area contributed by atoms with E-state index >= 15 is 0 Å². The lowest BCUT2D eigenvalue weighted by Crippen LogP contribution is -2.01. The fraction of sp³-hybridized carbons (Fsp3) is 0.238. The summed E-state index contributed by atoms with van der Waals surface area (Å²) in [5, 5.41) is 13.3. The van der Waals surface area contributed by atoms with E-state index in [9.17, 15) is 4.39 Å². The SMILES string of the molecule is Cc1ccc(-n2c(SCc3noc(C4CC4)n3)nnc2-c2ccccc2F)cc1. The van der Waals surface area contributed by atoms with Crippen molar-refractivity contribution in [2.45, 2.75) is 36.6 Å². The Bertz CT molecular complexity index is 1150. The molecule has 0 amide bonds. The van der Waals surface area contributed by atoms with E-state index in [0.717, 1.165) is 24.1 Å². The van der Waals surface area contributed by atoms with Gasteiger partial charge in [0, 0.05) is 11.6 Å². The van der Waals surface area contributed by atoms with Crippen LogP contribution in [-0.2, 0) is 5.75 Å². The van der Waals surface area contributed by atoms with Gasteiger partial charge >= 0.3 is 0 Å². The summed E-state index contributed by atoms with van der Waals surface area (Å²) >= 11 is 1.45. The predicted molar refractivity (Wildman–Crippen MR) is 107 cm³/mol. The lowest BCUT2D eigenvalue weighted by Gasteiger charge is -2.10. The smallest absolute Gasteiger partial charge is 0.229 e. The third kappa shape index (κ3) is 3.67. The minimum Gasteiger partial charge on any atom is -0.339 e. The van der Waals surface area contributed by atoms with E-state index < -0.39 is 0 Å². The van der Waals surface area contributed by atoms with Crippen molar-refractivity contribution in [3.8, 4) is 17.1 Å². The molecule has 146 valence electrons. The summed E-state index contributed by atoms with van der Waals surface area (Å²) in [6.45, 7) is 2.02. The van der Waals surface area contributed by atoms with Crippen LogP contribution in [0.15, 0.2) is 58.2 Å². The zero-order valence-electron chi connectivity index (χ0n) is 15.7. The summed E-state index contributed by atoms with van der Waals surface area (Å²) < 4.78 is 21.7. The number of hydrogen-bond donors (Lipinski definition) is 0. The second kappa shape index (κ2) is 7.44. The molecule has 5 rings (SSSR count). The third-order valence-corrected chi connectivity index (χ3v) is 5.71. The highest BCUT2D eigenvalue weighted by Gasteiger charge is 2.29. The molecule has 8 heteroatoms. The molecule has 1 aliphatic carbocycles. The van der Waals surface area contributed by atoms with Crippen molar-refractivity contribution in [2.75, 3.05) is 0 Å². The van der Waals surface area contributed by atoms with Crippen molar-refractivity contribution in [1.29, 1.82) is 0 Å². The molecule has 0 aliphatic heterocycles. The summed E-state index contributed by atoms with van der Waals surface area (Å²) in [6.07, 6.45) is 2.23. The van der Waals surface area contributed by atoms with Gasteiger partial charge in [-0.15, -0.1) is 10.2 Å². The first-order valence-electron chi connectivity index (χ1n) is 9.41. The summed E-state index contributed by atoms with van der Waals surface area (Å²) in [7, 11) is 0. The molecular formula is C21H18FN5OS. The minimum atomic E-state index is -0.336. The summed E-state index contributed by atoms with van der Waals surface area (Å²) in [6, 6.07) is 14.6. The number of halogens is 1. The van der Waals surface area contributed by atoms with Crippen LogP contribution in [0.3, 0.4) is 0 Å². The standard InChI is InChI=1S/C21H18FN5OS/c1-13-6-10-15(11-7-13)27-19(16-4-2-3-5-17(16)22)24-25-21(27)29-12-18-23-20(28-26-18)14-8-9-14/h2-7,10-11,14H,8-9,12H2,1H3. The van der Waals surface area contributed by atoms with Crippen molar-refractivity contribution in [1.82, 2.24) is 24.9 Å². The first kappa shape index (κ1) is 18.1. The van der Waals surface area contributed by atoms with Crippen molar-refractivity contribution >= 4 is 11.8 Å². The minimum absolute atomic E-state index is 0.336. The second-order valence-corrected chi connectivity index (χ2v) is 8.01. The van der Waals surface area contributed by atoms with Gasteiger partial charge in [0.1, 0.15) is 5.82 Å². The summed E-state index contributed by atoms with van der Waals surface area (Å²) in [4.78, 5) is 4.46. The van der Waals surface area contributed by atoms with Crippen molar-refractivity contribution in [3.05, 3.63) is 71.6 Å². The van der Waals surface area contributed by atoms with E-state index in [4.69, 9.17) is 4.52 Å². The van der Waals surface area contributed by atoms with Crippen LogP contribution in [0.2, 0.25) is 0 Å². The van der Waals surface area contributed by atoms with E-state index in [-0.39, 0.29) is 5.82 Å². The van der Waals surface area contributed by atoms with Gasteiger partial charge in [0.25, 0.3) is 0 Å². The van der Waals surface area contributed by atoms with Crippen LogP contribution < -0.4 is 0 Å². The Balaban J connectivity index is 1.50. The van der Waals surface area contributed by atoms with Gasteiger partial charge in [0.05, 0.1) is 11.3 Å². The van der Waals surface area contributed by atoms with Crippen LogP contribution >= 0.6 is 11.8 Å². The molecule has 1 saturated carbocycles. The van der Waals surface area contributed by atoms with Crippen LogP contribution in [0, 0.1) is 12.7 Å². The normalized spacial score (nSPS) is 13.7. The van der Waals surface area contributed by atoms with E-state index in [1.807, 2.05) is 35.8 Å². The molecule has 2 heterocycles. The number of aromatic nitrogens is 5. The van der Waals surface area contributed by atoms with E-state index in [0.29, 0.717) is 39.9 Å². The number of hydrogen-bond acceptors (Lipinski definition) is 6. The van der Waals surface area contributed by atoms with Gasteiger partial charge in [-0.2, -0.15) is 4.98 Å². The van der Waals surface area contributed by atoms with E-state index in [2.05, 4.69) is 20.3 Å². The maximum Gasteiger partial charge on any atom is 0.229 e. The molecule has 6 nitrogen and oxygen atoms in total. The quantitative estimate of drug-likeness (QED) is 0.422. The van der Waals surface area contributed by atoms with Gasteiger partial charge in [0.15, 0.2) is 16.8 Å². The van der Waals surface area contributed by atoms with Crippen molar-refractivity contribution in [3.63, 3.8) is 0 Å². The zero-order chi connectivity index (χ0) is 19.8. The highest BCUT2D eigenvalue weighted by Crippen LogP contribution is 2.39. The Labute approximate surface area is 171 Å². The maximum atomic E-state index is 14.5. The molecule has 29 heavy (non-hydrogen) atoms. The van der Waals surface area contributed by atoms with Crippen molar-refractivity contribution in [2.24, 2.45) is 0 Å². The Morgan fingerprint density at radius 3 is 2.66 bits per heavy atom. The molecule has 2 aromatic carbocycles. The van der Waals surface area contributed by atoms with Crippen LogP contribution in [0.5, 0.6) is 0 Å². The van der Waals surface area contributed by atoms with E-state index in [1.54, 1.807) is 18.2 Å². The maximum absolute atomic E-state index is 14.5. The highest BCUT2D eigenvalue weighted by atomic mass is 32.2. The van der Waals surface area contributed by atoms with Gasteiger partial charge < -0.3 is 4.52 Å². The molecular weight excluding hydrogens is 389 g/mol. The average molecular weight is 407 g/mol. The van der Waals surface area contributed by atoms with Crippen molar-refractivity contribution < 1.29 is 8.91 Å². The largest absolute Gasteiger partial charge is 0.339 e. The Kier molecular flexibility index (Phi) is 4.63. The van der Waals surface area contributed by atoms with Crippen LogP contribution in [0.1, 0.15) is 36.0 Å². The summed E-state index contributed by atoms with van der Waals surface area (Å²) in [5.41, 5.74) is 2.42. The lowest BCUT2D eigenvalue weighted by atomic mass is 10.2. The predicted octanol–water partition coefficient (Wildman–Crippen LogP) is 4.93. The van der Waals surface area contributed by atoms with Crippen LogP contribution in [0.4, 0.5) is 4.39 Å².